The lowest BCUT2D eigenvalue weighted by Gasteiger charge is -2.34. The van der Waals surface area contributed by atoms with E-state index in [9.17, 15) is 5.26 Å². The van der Waals surface area contributed by atoms with Crippen LogP contribution >= 0.6 is 15.9 Å². The second kappa shape index (κ2) is 6.66. The van der Waals surface area contributed by atoms with E-state index in [-0.39, 0.29) is 0 Å². The summed E-state index contributed by atoms with van der Waals surface area (Å²) in [5.41, 5.74) is -0.0288. The molecule has 0 radical (unpaired) electrons. The van der Waals surface area contributed by atoms with E-state index in [4.69, 9.17) is 9.16 Å². The van der Waals surface area contributed by atoms with Gasteiger partial charge in [-0.15, -0.1) is 0 Å². The van der Waals surface area contributed by atoms with Gasteiger partial charge < -0.3 is 9.16 Å². The van der Waals surface area contributed by atoms with Gasteiger partial charge in [0.15, 0.2) is 13.9 Å². The molecule has 104 valence electrons. The summed E-state index contributed by atoms with van der Waals surface area (Å²) in [6.45, 7) is 6.76. The van der Waals surface area contributed by atoms with Gasteiger partial charge in [-0.2, -0.15) is 5.26 Å². The van der Waals surface area contributed by atoms with Crippen LogP contribution in [0.1, 0.15) is 12.0 Å². The Hall–Kier alpha value is -0.673. The topological polar surface area (TPSA) is 42.2 Å². The predicted octanol–water partition coefficient (Wildman–Crippen LogP) is 4.06. The number of nitrogens with zero attached hydrogens (tertiary/aromatic N) is 1. The minimum Gasteiger partial charge on any atom is -0.396 e. The molecule has 0 aliphatic carbocycles. The van der Waals surface area contributed by atoms with Crippen LogP contribution in [0.15, 0.2) is 28.7 Å². The van der Waals surface area contributed by atoms with E-state index in [1.54, 1.807) is 7.11 Å². The van der Waals surface area contributed by atoms with E-state index < -0.39 is 13.9 Å². The van der Waals surface area contributed by atoms with Crippen LogP contribution in [-0.4, -0.2) is 22.0 Å². The van der Waals surface area contributed by atoms with Crippen LogP contribution < -0.4 is 0 Å². The molecule has 0 saturated carbocycles. The van der Waals surface area contributed by atoms with Crippen molar-refractivity contribution in [2.24, 2.45) is 0 Å². The van der Waals surface area contributed by atoms with Gasteiger partial charge in [0, 0.05) is 18.0 Å². The second-order valence-corrected chi connectivity index (χ2v) is 10.7. The van der Waals surface area contributed by atoms with Crippen molar-refractivity contribution in [1.29, 1.82) is 5.26 Å². The van der Waals surface area contributed by atoms with Crippen molar-refractivity contribution in [2.45, 2.75) is 31.7 Å². The predicted molar refractivity (Wildman–Crippen MR) is 82.4 cm³/mol. The molecule has 0 spiro atoms. The third kappa shape index (κ3) is 4.73. The van der Waals surface area contributed by atoms with Crippen LogP contribution in [0.2, 0.25) is 19.6 Å². The molecule has 5 heteroatoms. The smallest absolute Gasteiger partial charge is 0.186 e. The van der Waals surface area contributed by atoms with Crippen LogP contribution in [0.3, 0.4) is 0 Å². The molecule has 0 saturated heterocycles. The lowest BCUT2D eigenvalue weighted by atomic mass is 9.92. The first-order chi connectivity index (χ1) is 8.83. The molecular formula is C14H20BrNO2Si. The molecule has 3 nitrogen and oxygen atoms in total. The van der Waals surface area contributed by atoms with Gasteiger partial charge in [0.05, 0.1) is 6.61 Å². The molecule has 0 aliphatic heterocycles. The van der Waals surface area contributed by atoms with Crippen LogP contribution in [-0.2, 0) is 14.8 Å². The van der Waals surface area contributed by atoms with Gasteiger partial charge in [0.1, 0.15) is 6.07 Å². The fourth-order valence-electron chi connectivity index (χ4n) is 1.89. The van der Waals surface area contributed by atoms with E-state index in [2.05, 4.69) is 41.6 Å². The van der Waals surface area contributed by atoms with E-state index in [1.165, 1.54) is 0 Å². The average Bonchev–Trinajstić information content (AvgIpc) is 2.34. The Morgan fingerprint density at radius 3 is 2.26 bits per heavy atom. The Balaban J connectivity index is 3.16. The number of hydrogen-bond acceptors (Lipinski definition) is 3. The number of ether oxygens (including phenoxy) is 1. The zero-order valence-corrected chi connectivity index (χ0v) is 14.5. The third-order valence-corrected chi connectivity index (χ3v) is 4.12. The Labute approximate surface area is 124 Å². The lowest BCUT2D eigenvalue weighted by molar-refractivity contribution is 0.0692. The van der Waals surface area contributed by atoms with Crippen molar-refractivity contribution < 1.29 is 9.16 Å². The highest BCUT2D eigenvalue weighted by Crippen LogP contribution is 2.33. The fraction of sp³-hybridized carbons (Fsp3) is 0.500. The summed E-state index contributed by atoms with van der Waals surface area (Å²) in [4.78, 5) is 0. The summed E-state index contributed by atoms with van der Waals surface area (Å²) in [6.07, 6.45) is 0.534. The normalized spacial score (nSPS) is 14.7. The van der Waals surface area contributed by atoms with Crippen molar-refractivity contribution >= 4 is 24.2 Å². The Morgan fingerprint density at radius 1 is 1.26 bits per heavy atom. The molecule has 0 unspecified atom stereocenters. The minimum atomic E-state index is -1.85. The summed E-state index contributed by atoms with van der Waals surface area (Å²) in [6, 6.07) is 10.1. The highest BCUT2D eigenvalue weighted by Gasteiger charge is 2.37. The van der Waals surface area contributed by atoms with Crippen molar-refractivity contribution in [2.75, 3.05) is 13.7 Å². The fourth-order valence-corrected chi connectivity index (χ4v) is 3.46. The molecule has 19 heavy (non-hydrogen) atoms. The number of hydrogen-bond donors (Lipinski definition) is 0. The maximum atomic E-state index is 9.67. The summed E-state index contributed by atoms with van der Waals surface area (Å²) in [5, 5.41) is 9.67. The summed E-state index contributed by atoms with van der Waals surface area (Å²) in [7, 11) is -0.213. The van der Waals surface area contributed by atoms with Crippen molar-refractivity contribution in [3.05, 3.63) is 34.3 Å². The quantitative estimate of drug-likeness (QED) is 0.732. The zero-order chi connectivity index (χ0) is 14.5. The zero-order valence-electron chi connectivity index (χ0n) is 11.9. The first kappa shape index (κ1) is 16.4. The standard InChI is InChI=1S/C14H20BrNO2Si/c1-17-10-9-14(11-16,18-19(2,3)4)12-5-7-13(15)8-6-12/h5-8H,9-10H2,1-4H3/t14-/m0/s1. The van der Waals surface area contributed by atoms with E-state index in [0.29, 0.717) is 13.0 Å². The van der Waals surface area contributed by atoms with Gasteiger partial charge in [-0.05, 0) is 37.3 Å². The van der Waals surface area contributed by atoms with Gasteiger partial charge in [-0.3, -0.25) is 0 Å². The third-order valence-electron chi connectivity index (χ3n) is 2.63. The summed E-state index contributed by atoms with van der Waals surface area (Å²) in [5.74, 6) is 0. The largest absolute Gasteiger partial charge is 0.396 e. The van der Waals surface area contributed by atoms with Crippen LogP contribution in [0, 0.1) is 11.3 Å². The molecule has 1 aromatic rings. The van der Waals surface area contributed by atoms with Gasteiger partial charge >= 0.3 is 0 Å². The van der Waals surface area contributed by atoms with Crippen LogP contribution in [0.25, 0.3) is 0 Å². The summed E-state index contributed by atoms with van der Waals surface area (Å²) >= 11 is 3.41. The Kier molecular flexibility index (Phi) is 5.75. The highest BCUT2D eigenvalue weighted by molar-refractivity contribution is 9.10. The molecule has 0 fully saturated rings. The van der Waals surface area contributed by atoms with Gasteiger partial charge in [-0.25, -0.2) is 0 Å². The number of halogens is 1. The molecule has 0 bridgehead atoms. The van der Waals surface area contributed by atoms with Crippen LogP contribution in [0.5, 0.6) is 0 Å². The van der Waals surface area contributed by atoms with E-state index in [1.807, 2.05) is 24.3 Å². The van der Waals surface area contributed by atoms with Crippen molar-refractivity contribution in [3.63, 3.8) is 0 Å². The van der Waals surface area contributed by atoms with E-state index in [0.717, 1.165) is 10.0 Å². The minimum absolute atomic E-state index is 0.494. The molecule has 0 aromatic heterocycles. The number of methoxy groups -OCH3 is 1. The molecule has 1 rings (SSSR count). The van der Waals surface area contributed by atoms with Gasteiger partial charge in [0.25, 0.3) is 0 Å². The molecule has 0 N–H and O–H groups in total. The number of rotatable bonds is 6. The highest BCUT2D eigenvalue weighted by atomic mass is 79.9. The number of benzene rings is 1. The first-order valence-electron chi connectivity index (χ1n) is 6.19. The molecule has 0 heterocycles. The molecule has 0 aliphatic rings. The molecule has 1 aromatic carbocycles. The van der Waals surface area contributed by atoms with Crippen LogP contribution in [0.4, 0.5) is 0 Å². The second-order valence-electron chi connectivity index (χ2n) is 5.40. The molecular weight excluding hydrogens is 322 g/mol. The van der Waals surface area contributed by atoms with Gasteiger partial charge in [-0.1, -0.05) is 28.1 Å². The summed E-state index contributed by atoms with van der Waals surface area (Å²) < 4.78 is 12.3. The van der Waals surface area contributed by atoms with E-state index >= 15 is 0 Å². The van der Waals surface area contributed by atoms with Gasteiger partial charge in [0.2, 0.25) is 0 Å². The first-order valence-corrected chi connectivity index (χ1v) is 10.4. The molecule has 0 amide bonds. The lowest BCUT2D eigenvalue weighted by Crippen LogP contribution is -2.40. The Bertz CT molecular complexity index is 450. The SMILES string of the molecule is COCC[C@@](C#N)(O[Si](C)(C)C)c1ccc(Br)cc1. The Morgan fingerprint density at radius 2 is 1.84 bits per heavy atom. The monoisotopic (exact) mass is 341 g/mol. The maximum Gasteiger partial charge on any atom is 0.186 e. The van der Waals surface area contributed by atoms with Crippen molar-refractivity contribution in [3.8, 4) is 6.07 Å². The number of nitriles is 1. The average molecular weight is 342 g/mol. The molecule has 1 atom stereocenters. The maximum absolute atomic E-state index is 9.67. The van der Waals surface area contributed by atoms with Crippen molar-refractivity contribution in [1.82, 2.24) is 0 Å².